The number of aldehydes is 1. The zero-order valence-corrected chi connectivity index (χ0v) is 20.9. The van der Waals surface area contributed by atoms with E-state index in [4.69, 9.17) is 17.3 Å². The topological polar surface area (TPSA) is 122 Å². The summed E-state index contributed by atoms with van der Waals surface area (Å²) in [5, 5.41) is 23.9. The summed E-state index contributed by atoms with van der Waals surface area (Å²) in [6.07, 6.45) is -1.70. The molecular weight excluding hydrogens is 516 g/mol. The van der Waals surface area contributed by atoms with Crippen LogP contribution < -0.4 is 11.1 Å². The van der Waals surface area contributed by atoms with E-state index in [1.165, 1.54) is 16.8 Å². The number of hydrogen-bond acceptors (Lipinski definition) is 6. The number of nitrogens with one attached hydrogen (secondary N) is 2. The van der Waals surface area contributed by atoms with E-state index in [2.05, 4.69) is 20.6 Å². The Morgan fingerprint density at radius 3 is 2.43 bits per heavy atom. The van der Waals surface area contributed by atoms with Crippen LogP contribution in [0.2, 0.25) is 5.02 Å². The molecule has 2 aliphatic rings. The number of halogens is 5. The molecule has 2 unspecified atom stereocenters. The highest BCUT2D eigenvalue weighted by molar-refractivity contribution is 6.31. The van der Waals surface area contributed by atoms with Crippen molar-refractivity contribution >= 4 is 29.4 Å². The van der Waals surface area contributed by atoms with Gasteiger partial charge in [0.25, 0.3) is 0 Å². The van der Waals surface area contributed by atoms with Crippen LogP contribution in [-0.2, 0) is 18.8 Å². The van der Waals surface area contributed by atoms with Gasteiger partial charge in [0.2, 0.25) is 0 Å². The molecule has 1 aromatic carbocycles. The van der Waals surface area contributed by atoms with Crippen LogP contribution in [0.4, 0.5) is 29.1 Å². The fourth-order valence-corrected chi connectivity index (χ4v) is 5.64. The molecule has 5 rings (SSSR count). The van der Waals surface area contributed by atoms with Gasteiger partial charge < -0.3 is 16.2 Å². The average molecular weight is 543 g/mol. The van der Waals surface area contributed by atoms with Gasteiger partial charge in [-0.05, 0) is 61.8 Å². The molecule has 200 valence electrons. The third kappa shape index (κ3) is 5.30. The summed E-state index contributed by atoms with van der Waals surface area (Å²) >= 11 is 5.48. The third-order valence-electron chi connectivity index (χ3n) is 7.28. The monoisotopic (exact) mass is 542 g/mol. The van der Waals surface area contributed by atoms with Crippen molar-refractivity contribution in [1.29, 1.82) is 0 Å². The number of nitrogens with zero attached hydrogens (tertiary/aromatic N) is 3. The number of fused-ring (bicyclic) bond motifs is 1. The molecule has 0 spiro atoms. The van der Waals surface area contributed by atoms with Crippen molar-refractivity contribution in [3.63, 3.8) is 0 Å². The lowest BCUT2D eigenvalue weighted by molar-refractivity contribution is -0.141. The molecule has 8 nitrogen and oxygen atoms in total. The van der Waals surface area contributed by atoms with Crippen molar-refractivity contribution in [2.45, 2.75) is 43.4 Å². The highest BCUT2D eigenvalue weighted by Gasteiger charge is 2.51. The van der Waals surface area contributed by atoms with Crippen LogP contribution in [0, 0.1) is 17.7 Å². The average Bonchev–Trinajstić information content (AvgIpc) is 3.59. The van der Waals surface area contributed by atoms with Crippen molar-refractivity contribution in [2.24, 2.45) is 18.9 Å². The molecule has 0 radical (unpaired) electrons. The van der Waals surface area contributed by atoms with Crippen LogP contribution in [0.25, 0.3) is 0 Å². The number of aliphatic hydroxyl groups is 1. The van der Waals surface area contributed by atoms with Gasteiger partial charge in [-0.2, -0.15) is 23.4 Å². The summed E-state index contributed by atoms with van der Waals surface area (Å²) in [4.78, 5) is 11.4. The van der Waals surface area contributed by atoms with Crippen LogP contribution >= 0.6 is 11.6 Å². The molecule has 2 aromatic heterocycles. The molecule has 13 heteroatoms. The minimum absolute atomic E-state index is 0.0563. The number of anilines is 2. The van der Waals surface area contributed by atoms with Gasteiger partial charge in [0.05, 0.1) is 22.0 Å². The van der Waals surface area contributed by atoms with E-state index < -0.39 is 17.5 Å². The molecule has 2 fully saturated rings. The fourth-order valence-electron chi connectivity index (χ4n) is 5.46. The molecule has 3 aromatic rings. The van der Waals surface area contributed by atoms with Crippen molar-refractivity contribution in [3.05, 3.63) is 57.8 Å². The number of nitrogen functional groups attached to an aromatic ring is 1. The first-order chi connectivity index (χ1) is 17.4. The molecule has 0 amide bonds. The van der Waals surface area contributed by atoms with Crippen LogP contribution in [0.1, 0.15) is 59.0 Å². The third-order valence-corrected chi connectivity index (χ3v) is 7.57. The Morgan fingerprint density at radius 1 is 1.27 bits per heavy atom. The lowest BCUT2D eigenvalue weighted by atomic mass is 9.90. The molecule has 2 saturated carbocycles. The highest BCUT2D eigenvalue weighted by Crippen LogP contribution is 2.56. The van der Waals surface area contributed by atoms with Gasteiger partial charge in [0, 0.05) is 25.7 Å². The second-order valence-electron chi connectivity index (χ2n) is 9.60. The molecule has 0 saturated heterocycles. The second kappa shape index (κ2) is 9.97. The number of nitrogens with two attached hydrogens (primary N) is 1. The lowest BCUT2D eigenvalue weighted by Crippen LogP contribution is -2.23. The normalized spacial score (nSPS) is 24.9. The molecule has 2 atom stereocenters. The van der Waals surface area contributed by atoms with E-state index in [0.717, 1.165) is 11.8 Å². The Balaban J connectivity index is 0.000000270. The number of hydrogen-bond donors (Lipinski definition) is 4. The van der Waals surface area contributed by atoms with E-state index in [-0.39, 0.29) is 34.3 Å². The first-order valence-corrected chi connectivity index (χ1v) is 12.0. The van der Waals surface area contributed by atoms with Crippen molar-refractivity contribution in [1.82, 2.24) is 20.0 Å². The van der Waals surface area contributed by atoms with Gasteiger partial charge in [0.1, 0.15) is 17.2 Å². The predicted octanol–water partition coefficient (Wildman–Crippen LogP) is 4.87. The number of carbonyl (C=O) groups is 1. The summed E-state index contributed by atoms with van der Waals surface area (Å²) in [5.41, 5.74) is 5.51. The number of aromatic nitrogens is 4. The summed E-state index contributed by atoms with van der Waals surface area (Å²) in [6, 6.07) is 5.38. The summed E-state index contributed by atoms with van der Waals surface area (Å²) < 4.78 is 52.3. The summed E-state index contributed by atoms with van der Waals surface area (Å²) in [6.45, 7) is 0. The van der Waals surface area contributed by atoms with Crippen molar-refractivity contribution in [2.75, 3.05) is 18.1 Å². The fraction of sp³-hybridized carbons (Fsp3) is 0.458. The lowest BCUT2D eigenvalue weighted by Gasteiger charge is -2.23. The number of carbonyl (C=O) groups excluding carboxylic acids is 1. The Labute approximate surface area is 215 Å². The van der Waals surface area contributed by atoms with E-state index in [0.29, 0.717) is 49.0 Å². The minimum atomic E-state index is -4.55. The first-order valence-electron chi connectivity index (χ1n) is 11.6. The number of rotatable bonds is 4. The van der Waals surface area contributed by atoms with E-state index in [1.54, 1.807) is 20.2 Å². The van der Waals surface area contributed by atoms with Gasteiger partial charge in [-0.3, -0.25) is 14.6 Å². The number of H-pyrrole nitrogens is 1. The van der Waals surface area contributed by atoms with Gasteiger partial charge in [-0.25, -0.2) is 4.39 Å². The second-order valence-corrected chi connectivity index (χ2v) is 10.0. The minimum Gasteiger partial charge on any atom is -0.388 e. The van der Waals surface area contributed by atoms with Gasteiger partial charge >= 0.3 is 6.18 Å². The maximum atomic E-state index is 12.8. The molecular formula is C24H27ClF4N6O2. The summed E-state index contributed by atoms with van der Waals surface area (Å²) in [5.74, 6) is 0.271. The molecule has 0 bridgehead atoms. The van der Waals surface area contributed by atoms with Crippen molar-refractivity contribution in [3.8, 4) is 0 Å². The Bertz CT molecular complexity index is 1280. The SMILES string of the molecule is CNc1ccc(F)c(Cl)c1.Cn1nc(C2CC3CC(O)(c4cc(C(F)(F)F)n[nH]4)CC3C2)c(C=O)c1N. The largest absolute Gasteiger partial charge is 0.435 e. The van der Waals surface area contributed by atoms with Crippen LogP contribution in [0.5, 0.6) is 0 Å². The smallest absolute Gasteiger partial charge is 0.388 e. The molecule has 2 aliphatic carbocycles. The Morgan fingerprint density at radius 2 is 1.92 bits per heavy atom. The van der Waals surface area contributed by atoms with E-state index in [9.17, 15) is 27.5 Å². The van der Waals surface area contributed by atoms with E-state index >= 15 is 0 Å². The van der Waals surface area contributed by atoms with Gasteiger partial charge in [-0.15, -0.1) is 0 Å². The molecule has 5 N–H and O–H groups in total. The van der Waals surface area contributed by atoms with Gasteiger partial charge in [0.15, 0.2) is 12.0 Å². The van der Waals surface area contributed by atoms with Crippen LogP contribution in [0.3, 0.4) is 0 Å². The zero-order valence-electron chi connectivity index (χ0n) is 20.1. The number of alkyl halides is 3. The van der Waals surface area contributed by atoms with Crippen molar-refractivity contribution < 1.29 is 27.5 Å². The first kappa shape index (κ1) is 26.9. The summed E-state index contributed by atoms with van der Waals surface area (Å²) in [7, 11) is 3.43. The van der Waals surface area contributed by atoms with Crippen LogP contribution in [-0.4, -0.2) is 38.4 Å². The number of aryl methyl sites for hydroxylation is 1. The molecule has 37 heavy (non-hydrogen) atoms. The standard InChI is InChI=1S/C17H20F3N5O2.C7H7ClFN/c1-25-15(21)11(7-26)14(24-25)8-2-9-5-16(27,6-10(9)3-8)12-4-13(23-22-12)17(18,19)20;1-10-5-2-3-7(9)6(8)4-5/h4,7-10,27H,2-3,5-6,21H2,1H3,(H,22,23);2-4,10H,1H3. The molecule has 0 aliphatic heterocycles. The zero-order chi connectivity index (χ0) is 27.1. The number of benzene rings is 1. The maximum absolute atomic E-state index is 12.8. The van der Waals surface area contributed by atoms with Crippen LogP contribution in [0.15, 0.2) is 24.3 Å². The number of aromatic amines is 1. The van der Waals surface area contributed by atoms with E-state index in [1.807, 2.05) is 0 Å². The quantitative estimate of drug-likeness (QED) is 0.276. The molecule has 2 heterocycles. The maximum Gasteiger partial charge on any atom is 0.435 e. The Kier molecular flexibility index (Phi) is 7.26. The highest BCUT2D eigenvalue weighted by atomic mass is 35.5. The van der Waals surface area contributed by atoms with Gasteiger partial charge in [-0.1, -0.05) is 11.6 Å². The Hall–Kier alpha value is -3.12. The predicted molar refractivity (Wildman–Crippen MR) is 130 cm³/mol.